The van der Waals surface area contributed by atoms with E-state index >= 15 is 0 Å². The van der Waals surface area contributed by atoms with Gasteiger partial charge in [0, 0.05) is 17.7 Å². The molecule has 146 valence electrons. The lowest BCUT2D eigenvalue weighted by atomic mass is 9.84. The van der Waals surface area contributed by atoms with Crippen LogP contribution in [-0.2, 0) is 5.41 Å². The van der Waals surface area contributed by atoms with E-state index < -0.39 is 17.3 Å². The third kappa shape index (κ3) is 3.63. The van der Waals surface area contributed by atoms with Crippen LogP contribution in [0.2, 0.25) is 0 Å². The molecule has 0 bridgehead atoms. The van der Waals surface area contributed by atoms with Crippen LogP contribution in [0.3, 0.4) is 0 Å². The van der Waals surface area contributed by atoms with Crippen molar-refractivity contribution in [2.24, 2.45) is 0 Å². The molecule has 4 rings (SSSR count). The molecule has 0 aliphatic rings. The minimum Gasteiger partial charge on any atom is -0.357 e. The number of hydrogen-bond donors (Lipinski definition) is 1. The number of aromatic amines is 1. The fourth-order valence-corrected chi connectivity index (χ4v) is 3.12. The SMILES string of the molecule is CC(C)(c1cccc(-c2cc(F)c[nH]2)n1)c1cccc(-c2ccc(F)nc2F)n1. The third-order valence-corrected chi connectivity index (χ3v) is 4.79. The van der Waals surface area contributed by atoms with Crippen molar-refractivity contribution < 1.29 is 13.2 Å². The summed E-state index contributed by atoms with van der Waals surface area (Å²) in [6.07, 6.45) is 1.27. The van der Waals surface area contributed by atoms with Gasteiger partial charge in [0.2, 0.25) is 11.9 Å². The molecular formula is C22H17F3N4. The zero-order valence-corrected chi connectivity index (χ0v) is 15.7. The molecule has 29 heavy (non-hydrogen) atoms. The number of hydrogen-bond acceptors (Lipinski definition) is 3. The Kier molecular flexibility index (Phi) is 4.66. The summed E-state index contributed by atoms with van der Waals surface area (Å²) in [5.74, 6) is -2.17. The lowest BCUT2D eigenvalue weighted by Crippen LogP contribution is -2.22. The standard InChI is InChI=1S/C22H17F3N4/c1-22(2,19-8-4-6-16(28-19)17-11-13(23)12-26-17)18-7-3-5-15(27-18)14-9-10-20(24)29-21(14)25/h3-12,26H,1-2H3. The monoisotopic (exact) mass is 394 g/mol. The third-order valence-electron chi connectivity index (χ3n) is 4.79. The van der Waals surface area contributed by atoms with Crippen molar-refractivity contribution in [1.29, 1.82) is 0 Å². The van der Waals surface area contributed by atoms with Crippen LogP contribution in [0.1, 0.15) is 25.2 Å². The van der Waals surface area contributed by atoms with Crippen LogP contribution < -0.4 is 0 Å². The van der Waals surface area contributed by atoms with Gasteiger partial charge in [0.05, 0.1) is 34.0 Å². The van der Waals surface area contributed by atoms with Crippen molar-refractivity contribution >= 4 is 0 Å². The molecule has 0 spiro atoms. The van der Waals surface area contributed by atoms with Gasteiger partial charge in [0.15, 0.2) is 0 Å². The number of nitrogens with one attached hydrogen (secondary N) is 1. The van der Waals surface area contributed by atoms with E-state index in [0.717, 1.165) is 6.07 Å². The van der Waals surface area contributed by atoms with Gasteiger partial charge < -0.3 is 4.98 Å². The van der Waals surface area contributed by atoms with Crippen molar-refractivity contribution in [1.82, 2.24) is 19.9 Å². The maximum atomic E-state index is 14.1. The predicted octanol–water partition coefficient (Wildman–Crippen LogP) is 5.28. The van der Waals surface area contributed by atoms with Crippen molar-refractivity contribution in [3.8, 4) is 22.6 Å². The van der Waals surface area contributed by atoms with Gasteiger partial charge in [0.25, 0.3) is 0 Å². The second kappa shape index (κ2) is 7.16. The van der Waals surface area contributed by atoms with E-state index in [9.17, 15) is 13.2 Å². The number of pyridine rings is 3. The molecule has 0 aromatic carbocycles. The summed E-state index contributed by atoms with van der Waals surface area (Å²) in [7, 11) is 0. The first-order chi connectivity index (χ1) is 13.8. The van der Waals surface area contributed by atoms with Crippen LogP contribution >= 0.6 is 0 Å². The minimum absolute atomic E-state index is 0.118. The Morgan fingerprint density at radius 1 is 0.793 bits per heavy atom. The van der Waals surface area contributed by atoms with Crippen LogP contribution in [-0.4, -0.2) is 19.9 Å². The average Bonchev–Trinajstić information content (AvgIpc) is 3.14. The van der Waals surface area contributed by atoms with E-state index in [1.54, 1.807) is 18.2 Å². The summed E-state index contributed by atoms with van der Waals surface area (Å²) in [6, 6.07) is 14.5. The molecule has 0 saturated carbocycles. The number of H-pyrrole nitrogens is 1. The Balaban J connectivity index is 1.74. The fourth-order valence-electron chi connectivity index (χ4n) is 3.12. The smallest absolute Gasteiger partial charge is 0.224 e. The molecule has 0 unspecified atom stereocenters. The van der Waals surface area contributed by atoms with Crippen LogP contribution in [0.15, 0.2) is 60.8 Å². The van der Waals surface area contributed by atoms with Crippen molar-refractivity contribution in [3.05, 3.63) is 89.9 Å². The first-order valence-corrected chi connectivity index (χ1v) is 8.96. The van der Waals surface area contributed by atoms with E-state index in [0.29, 0.717) is 28.5 Å². The van der Waals surface area contributed by atoms with Crippen molar-refractivity contribution in [2.45, 2.75) is 19.3 Å². The molecule has 0 aliphatic heterocycles. The highest BCUT2D eigenvalue weighted by atomic mass is 19.1. The number of rotatable bonds is 4. The van der Waals surface area contributed by atoms with E-state index in [1.807, 2.05) is 32.0 Å². The summed E-state index contributed by atoms with van der Waals surface area (Å²) in [5.41, 5.74) is 2.39. The minimum atomic E-state index is -0.915. The average molecular weight is 394 g/mol. The quantitative estimate of drug-likeness (QED) is 0.479. The largest absolute Gasteiger partial charge is 0.357 e. The summed E-state index contributed by atoms with van der Waals surface area (Å²) in [4.78, 5) is 15.3. The lowest BCUT2D eigenvalue weighted by molar-refractivity contribution is 0.514. The first-order valence-electron chi connectivity index (χ1n) is 8.96. The van der Waals surface area contributed by atoms with Crippen LogP contribution in [0.4, 0.5) is 13.2 Å². The lowest BCUT2D eigenvalue weighted by Gasteiger charge is -2.24. The molecule has 4 nitrogen and oxygen atoms in total. The highest BCUT2D eigenvalue weighted by Gasteiger charge is 2.27. The molecule has 4 aromatic rings. The molecule has 1 N–H and O–H groups in total. The zero-order chi connectivity index (χ0) is 20.6. The van der Waals surface area contributed by atoms with Gasteiger partial charge >= 0.3 is 0 Å². The zero-order valence-electron chi connectivity index (χ0n) is 15.7. The van der Waals surface area contributed by atoms with Gasteiger partial charge in [0.1, 0.15) is 5.82 Å². The molecule has 0 atom stereocenters. The molecule has 7 heteroatoms. The Bertz CT molecular complexity index is 1180. The number of aromatic nitrogens is 4. The van der Waals surface area contributed by atoms with Gasteiger partial charge in [-0.25, -0.2) is 4.39 Å². The van der Waals surface area contributed by atoms with Crippen LogP contribution in [0, 0.1) is 17.7 Å². The topological polar surface area (TPSA) is 54.5 Å². The van der Waals surface area contributed by atoms with Gasteiger partial charge in [-0.05, 0) is 50.2 Å². The van der Waals surface area contributed by atoms with Crippen molar-refractivity contribution in [3.63, 3.8) is 0 Å². The van der Waals surface area contributed by atoms with Gasteiger partial charge in [-0.3, -0.25) is 9.97 Å². The van der Waals surface area contributed by atoms with Crippen LogP contribution in [0.5, 0.6) is 0 Å². The summed E-state index contributed by atoms with van der Waals surface area (Å²) < 4.78 is 40.6. The molecule has 0 saturated heterocycles. The molecule has 0 amide bonds. The van der Waals surface area contributed by atoms with E-state index in [-0.39, 0.29) is 11.4 Å². The second-order valence-electron chi connectivity index (χ2n) is 7.15. The van der Waals surface area contributed by atoms with Crippen LogP contribution in [0.25, 0.3) is 22.6 Å². The van der Waals surface area contributed by atoms with E-state index in [2.05, 4.69) is 19.9 Å². The second-order valence-corrected chi connectivity index (χ2v) is 7.15. The summed E-state index contributed by atoms with van der Waals surface area (Å²) >= 11 is 0. The predicted molar refractivity (Wildman–Crippen MR) is 103 cm³/mol. The molecule has 0 radical (unpaired) electrons. The molecular weight excluding hydrogens is 377 g/mol. The molecule has 0 fully saturated rings. The number of nitrogens with zero attached hydrogens (tertiary/aromatic N) is 3. The summed E-state index contributed by atoms with van der Waals surface area (Å²) in [5, 5.41) is 0. The van der Waals surface area contributed by atoms with Gasteiger partial charge in [-0.2, -0.15) is 13.8 Å². The summed E-state index contributed by atoms with van der Waals surface area (Å²) in [6.45, 7) is 3.89. The first kappa shape index (κ1) is 18.9. The molecule has 0 aliphatic carbocycles. The van der Waals surface area contributed by atoms with E-state index in [4.69, 9.17) is 0 Å². The Morgan fingerprint density at radius 3 is 2.07 bits per heavy atom. The fraction of sp³-hybridized carbons (Fsp3) is 0.136. The van der Waals surface area contributed by atoms with Gasteiger partial charge in [-0.1, -0.05) is 12.1 Å². The highest BCUT2D eigenvalue weighted by molar-refractivity contribution is 5.59. The molecule has 4 aromatic heterocycles. The Morgan fingerprint density at radius 2 is 1.45 bits per heavy atom. The molecule has 4 heterocycles. The number of halogens is 3. The van der Waals surface area contributed by atoms with Gasteiger partial charge in [-0.15, -0.1) is 0 Å². The maximum absolute atomic E-state index is 14.1. The Labute approximate surface area is 165 Å². The maximum Gasteiger partial charge on any atom is 0.224 e. The normalized spacial score (nSPS) is 11.6. The highest BCUT2D eigenvalue weighted by Crippen LogP contribution is 2.32. The van der Waals surface area contributed by atoms with E-state index in [1.165, 1.54) is 18.3 Å². The van der Waals surface area contributed by atoms with Crippen molar-refractivity contribution in [2.75, 3.05) is 0 Å². The Hall–Kier alpha value is -3.48.